The molecule has 0 aromatic carbocycles. The summed E-state index contributed by atoms with van der Waals surface area (Å²) in [6.07, 6.45) is 8.55. The number of hydrogen-bond acceptors (Lipinski definition) is 6. The SMILES string of the molecule is CO[C@@H]1CN(Cc2cnc(C3CC3)nc2)C[C@H]1c1cn(C)nn1. The molecule has 2 aromatic rings. The quantitative estimate of drug-likeness (QED) is 0.823. The predicted octanol–water partition coefficient (Wildman–Crippen LogP) is 1.10. The van der Waals surface area contributed by atoms with Gasteiger partial charge in [-0.25, -0.2) is 9.97 Å². The van der Waals surface area contributed by atoms with Gasteiger partial charge in [0.15, 0.2) is 0 Å². The van der Waals surface area contributed by atoms with E-state index < -0.39 is 0 Å². The van der Waals surface area contributed by atoms with Crippen molar-refractivity contribution in [1.82, 2.24) is 29.9 Å². The number of aromatic nitrogens is 5. The molecule has 23 heavy (non-hydrogen) atoms. The van der Waals surface area contributed by atoms with Crippen molar-refractivity contribution in [3.63, 3.8) is 0 Å². The van der Waals surface area contributed by atoms with Gasteiger partial charge in [-0.1, -0.05) is 5.21 Å². The highest BCUT2D eigenvalue weighted by Gasteiger charge is 2.35. The fourth-order valence-electron chi connectivity index (χ4n) is 3.30. The maximum atomic E-state index is 5.66. The van der Waals surface area contributed by atoms with Crippen molar-refractivity contribution in [1.29, 1.82) is 0 Å². The Morgan fingerprint density at radius 3 is 2.61 bits per heavy atom. The van der Waals surface area contributed by atoms with E-state index in [-0.39, 0.29) is 12.0 Å². The summed E-state index contributed by atoms with van der Waals surface area (Å²) in [5, 5.41) is 8.30. The topological polar surface area (TPSA) is 69.0 Å². The molecule has 0 amide bonds. The van der Waals surface area contributed by atoms with E-state index in [9.17, 15) is 0 Å². The average molecular weight is 314 g/mol. The van der Waals surface area contributed by atoms with Crippen molar-refractivity contribution in [2.24, 2.45) is 7.05 Å². The zero-order valence-corrected chi connectivity index (χ0v) is 13.6. The molecule has 4 rings (SSSR count). The summed E-state index contributed by atoms with van der Waals surface area (Å²) in [6, 6.07) is 0. The molecular weight excluding hydrogens is 292 g/mol. The first-order valence-electron chi connectivity index (χ1n) is 8.15. The second-order valence-corrected chi connectivity index (χ2v) is 6.62. The van der Waals surface area contributed by atoms with Crippen molar-refractivity contribution < 1.29 is 4.74 Å². The fraction of sp³-hybridized carbons (Fsp3) is 0.625. The predicted molar refractivity (Wildman–Crippen MR) is 83.8 cm³/mol. The van der Waals surface area contributed by atoms with Crippen molar-refractivity contribution >= 4 is 0 Å². The first-order chi connectivity index (χ1) is 11.2. The second kappa shape index (κ2) is 5.98. The zero-order chi connectivity index (χ0) is 15.8. The third kappa shape index (κ3) is 3.11. The van der Waals surface area contributed by atoms with Crippen LogP contribution in [0, 0.1) is 0 Å². The van der Waals surface area contributed by atoms with Crippen LogP contribution >= 0.6 is 0 Å². The Labute approximate surface area is 135 Å². The second-order valence-electron chi connectivity index (χ2n) is 6.62. The van der Waals surface area contributed by atoms with Gasteiger partial charge in [-0.3, -0.25) is 9.58 Å². The molecule has 0 radical (unpaired) electrons. The van der Waals surface area contributed by atoms with Crippen molar-refractivity contribution in [3.05, 3.63) is 35.7 Å². The number of likely N-dealkylation sites (tertiary alicyclic amines) is 1. The Balaban J connectivity index is 1.43. The van der Waals surface area contributed by atoms with Gasteiger partial charge in [0.05, 0.1) is 11.8 Å². The van der Waals surface area contributed by atoms with Crippen LogP contribution in [-0.4, -0.2) is 56.2 Å². The van der Waals surface area contributed by atoms with Crippen LogP contribution in [0.1, 0.15) is 41.8 Å². The maximum absolute atomic E-state index is 5.66. The van der Waals surface area contributed by atoms with E-state index in [1.54, 1.807) is 11.8 Å². The van der Waals surface area contributed by atoms with E-state index in [0.29, 0.717) is 5.92 Å². The van der Waals surface area contributed by atoms with Gasteiger partial charge in [0, 0.05) is 69.8 Å². The molecule has 2 aliphatic rings. The Bertz CT molecular complexity index is 665. The molecule has 0 bridgehead atoms. The molecule has 7 heteroatoms. The van der Waals surface area contributed by atoms with Crippen LogP contribution < -0.4 is 0 Å². The van der Waals surface area contributed by atoms with E-state index in [1.807, 2.05) is 25.6 Å². The summed E-state index contributed by atoms with van der Waals surface area (Å²) in [5.74, 6) is 1.87. The molecule has 7 nitrogen and oxygen atoms in total. The Morgan fingerprint density at radius 1 is 1.22 bits per heavy atom. The van der Waals surface area contributed by atoms with Gasteiger partial charge >= 0.3 is 0 Å². The van der Waals surface area contributed by atoms with Gasteiger partial charge in [0.1, 0.15) is 5.82 Å². The lowest BCUT2D eigenvalue weighted by molar-refractivity contribution is 0.0957. The standard InChI is InChI=1S/C16H22N6O/c1-21-9-14(19-20-21)13-8-22(10-15(13)23-2)7-11-5-17-16(18-6-11)12-3-4-12/h5-6,9,12-13,15H,3-4,7-8,10H2,1-2H3/t13-,15+/m0/s1. The summed E-state index contributed by atoms with van der Waals surface area (Å²) < 4.78 is 7.41. The molecule has 1 saturated heterocycles. The van der Waals surface area contributed by atoms with Crippen LogP contribution in [0.5, 0.6) is 0 Å². The van der Waals surface area contributed by atoms with E-state index in [2.05, 4.69) is 25.2 Å². The van der Waals surface area contributed by atoms with Crippen molar-refractivity contribution in [2.45, 2.75) is 37.3 Å². The molecule has 1 aliphatic carbocycles. The Kier molecular flexibility index (Phi) is 3.82. The van der Waals surface area contributed by atoms with Crippen LogP contribution in [0.25, 0.3) is 0 Å². The molecule has 3 heterocycles. The lowest BCUT2D eigenvalue weighted by atomic mass is 10.0. The minimum atomic E-state index is 0.151. The Hall–Kier alpha value is -1.86. The molecule has 1 saturated carbocycles. The molecule has 0 N–H and O–H groups in total. The van der Waals surface area contributed by atoms with Crippen molar-refractivity contribution in [3.8, 4) is 0 Å². The largest absolute Gasteiger partial charge is 0.379 e. The summed E-state index contributed by atoms with van der Waals surface area (Å²) in [5.41, 5.74) is 2.16. The summed E-state index contributed by atoms with van der Waals surface area (Å²) in [6.45, 7) is 2.66. The number of rotatable bonds is 5. The third-order valence-corrected chi connectivity index (χ3v) is 4.72. The summed E-state index contributed by atoms with van der Waals surface area (Å²) in [4.78, 5) is 11.4. The van der Waals surface area contributed by atoms with Crippen molar-refractivity contribution in [2.75, 3.05) is 20.2 Å². The lowest BCUT2D eigenvalue weighted by Gasteiger charge is -2.14. The van der Waals surface area contributed by atoms with Crippen LogP contribution in [0.2, 0.25) is 0 Å². The fourth-order valence-corrected chi connectivity index (χ4v) is 3.30. The molecule has 2 atom stereocenters. The van der Waals surface area contributed by atoms with Gasteiger partial charge < -0.3 is 4.74 Å². The minimum Gasteiger partial charge on any atom is -0.379 e. The zero-order valence-electron chi connectivity index (χ0n) is 13.6. The highest BCUT2D eigenvalue weighted by atomic mass is 16.5. The van der Waals surface area contributed by atoms with E-state index in [1.165, 1.54) is 12.8 Å². The van der Waals surface area contributed by atoms with E-state index >= 15 is 0 Å². The van der Waals surface area contributed by atoms with Crippen LogP contribution in [0.15, 0.2) is 18.6 Å². The van der Waals surface area contributed by atoms with Gasteiger partial charge in [-0.05, 0) is 12.8 Å². The first kappa shape index (κ1) is 14.7. The highest BCUT2D eigenvalue weighted by Crippen LogP contribution is 2.37. The van der Waals surface area contributed by atoms with Crippen LogP contribution in [0.4, 0.5) is 0 Å². The number of methoxy groups -OCH3 is 1. The van der Waals surface area contributed by atoms with E-state index in [0.717, 1.165) is 36.7 Å². The number of aryl methyl sites for hydroxylation is 1. The minimum absolute atomic E-state index is 0.151. The molecule has 2 aromatic heterocycles. The molecule has 0 unspecified atom stereocenters. The normalized spacial score (nSPS) is 25.1. The molecule has 0 spiro atoms. The average Bonchev–Trinajstić information content (AvgIpc) is 3.20. The van der Waals surface area contributed by atoms with Crippen LogP contribution in [0.3, 0.4) is 0 Å². The first-order valence-corrected chi connectivity index (χ1v) is 8.15. The molecule has 122 valence electrons. The highest BCUT2D eigenvalue weighted by molar-refractivity contribution is 5.13. The maximum Gasteiger partial charge on any atom is 0.131 e. The molecule has 1 aliphatic heterocycles. The van der Waals surface area contributed by atoms with E-state index in [4.69, 9.17) is 4.74 Å². The smallest absolute Gasteiger partial charge is 0.131 e. The van der Waals surface area contributed by atoms with Gasteiger partial charge in [0.2, 0.25) is 0 Å². The third-order valence-electron chi connectivity index (χ3n) is 4.72. The lowest BCUT2D eigenvalue weighted by Crippen LogP contribution is -2.22. The summed E-state index contributed by atoms with van der Waals surface area (Å²) >= 11 is 0. The monoisotopic (exact) mass is 314 g/mol. The Morgan fingerprint density at radius 2 is 2.00 bits per heavy atom. The number of hydrogen-bond donors (Lipinski definition) is 0. The number of nitrogens with zero attached hydrogens (tertiary/aromatic N) is 6. The summed E-state index contributed by atoms with van der Waals surface area (Å²) in [7, 11) is 3.66. The number of ether oxygens (including phenoxy) is 1. The molecule has 2 fully saturated rings. The van der Waals surface area contributed by atoms with Gasteiger partial charge in [-0.2, -0.15) is 0 Å². The van der Waals surface area contributed by atoms with Gasteiger partial charge in [0.25, 0.3) is 0 Å². The molecular formula is C16H22N6O. The van der Waals surface area contributed by atoms with Gasteiger partial charge in [-0.15, -0.1) is 5.10 Å². The van der Waals surface area contributed by atoms with Crippen LogP contribution in [-0.2, 0) is 18.3 Å².